The molecule has 1 atom stereocenters. The van der Waals surface area contributed by atoms with E-state index in [0.717, 1.165) is 0 Å². The van der Waals surface area contributed by atoms with Crippen LogP contribution in [0.15, 0.2) is 48.0 Å². The molecule has 1 amide bonds. The average molecular weight is 439 g/mol. The fraction of sp³-hybridized carbons (Fsp3) is 0.333. The molecule has 2 aliphatic rings. The van der Waals surface area contributed by atoms with Crippen molar-refractivity contribution in [3.8, 4) is 17.2 Å². The van der Waals surface area contributed by atoms with Gasteiger partial charge >= 0.3 is 0 Å². The van der Waals surface area contributed by atoms with E-state index in [2.05, 4.69) is 0 Å². The number of benzene rings is 2. The van der Waals surface area contributed by atoms with Gasteiger partial charge < -0.3 is 29.0 Å². The Hall–Kier alpha value is -3.52. The summed E-state index contributed by atoms with van der Waals surface area (Å²) in [4.78, 5) is 27.5. The number of nitrogens with zero attached hydrogens (tertiary/aromatic N) is 1. The Morgan fingerprint density at radius 3 is 2.62 bits per heavy atom. The maximum atomic E-state index is 13.1. The number of Topliss-reactive ketones (excluding diaryl/α,β-unsaturated/α-hetero) is 1. The number of methoxy groups -OCH3 is 2. The van der Waals surface area contributed by atoms with Crippen LogP contribution in [0.25, 0.3) is 5.76 Å². The summed E-state index contributed by atoms with van der Waals surface area (Å²) < 4.78 is 21.6. The van der Waals surface area contributed by atoms with E-state index in [1.54, 1.807) is 56.7 Å². The highest BCUT2D eigenvalue weighted by Gasteiger charge is 2.46. The molecule has 1 N–H and O–H groups in total. The molecule has 4 rings (SSSR count). The molecule has 0 saturated carbocycles. The number of hydrogen-bond acceptors (Lipinski definition) is 7. The maximum absolute atomic E-state index is 13.1. The van der Waals surface area contributed by atoms with E-state index >= 15 is 0 Å². The predicted octanol–water partition coefficient (Wildman–Crippen LogP) is 2.92. The van der Waals surface area contributed by atoms with Crippen LogP contribution in [0.3, 0.4) is 0 Å². The zero-order chi connectivity index (χ0) is 22.7. The van der Waals surface area contributed by atoms with Gasteiger partial charge in [0.15, 0.2) is 11.5 Å². The fourth-order valence-electron chi connectivity index (χ4n) is 3.99. The number of carbonyl (C=O) groups is 2. The average Bonchev–Trinajstić information content (AvgIpc) is 3.08. The normalized spacial score (nSPS) is 19.3. The Bertz CT molecular complexity index is 1060. The van der Waals surface area contributed by atoms with E-state index in [1.807, 2.05) is 0 Å². The summed E-state index contributed by atoms with van der Waals surface area (Å²) in [7, 11) is 3.12. The van der Waals surface area contributed by atoms with E-state index in [0.29, 0.717) is 61.2 Å². The Labute approximate surface area is 185 Å². The molecule has 0 aromatic heterocycles. The van der Waals surface area contributed by atoms with E-state index in [9.17, 15) is 14.7 Å². The van der Waals surface area contributed by atoms with Crippen molar-refractivity contribution in [2.45, 2.75) is 12.5 Å². The lowest BCUT2D eigenvalue weighted by molar-refractivity contribution is -0.140. The van der Waals surface area contributed by atoms with Crippen molar-refractivity contribution in [1.29, 1.82) is 0 Å². The van der Waals surface area contributed by atoms with Gasteiger partial charge in [0.25, 0.3) is 11.7 Å². The second kappa shape index (κ2) is 9.32. The van der Waals surface area contributed by atoms with Crippen molar-refractivity contribution >= 4 is 17.4 Å². The number of hydrogen-bond donors (Lipinski definition) is 1. The number of carbonyl (C=O) groups excluding carboxylic acids is 2. The van der Waals surface area contributed by atoms with E-state index in [4.69, 9.17) is 18.9 Å². The standard InChI is InChI=1S/C24H25NO7/c1-29-10-4-9-25-21(15-5-3-6-17(13-15)30-2)20(23(27)24(25)28)22(26)16-7-8-18-19(14-16)32-12-11-31-18/h3,5-8,13-14,21,26H,4,9-12H2,1-2H3. The molecule has 168 valence electrons. The molecule has 2 heterocycles. The Morgan fingerprint density at radius 2 is 1.88 bits per heavy atom. The first-order chi connectivity index (χ1) is 15.5. The third-order valence-corrected chi connectivity index (χ3v) is 5.51. The van der Waals surface area contributed by atoms with Gasteiger partial charge in [-0.2, -0.15) is 0 Å². The van der Waals surface area contributed by atoms with Gasteiger partial charge in [-0.1, -0.05) is 12.1 Å². The van der Waals surface area contributed by atoms with Gasteiger partial charge in [0, 0.05) is 25.8 Å². The van der Waals surface area contributed by atoms with Crippen LogP contribution >= 0.6 is 0 Å². The first-order valence-corrected chi connectivity index (χ1v) is 10.4. The number of amides is 1. The molecule has 2 aromatic rings. The minimum Gasteiger partial charge on any atom is -0.507 e. The summed E-state index contributed by atoms with van der Waals surface area (Å²) in [6.45, 7) is 1.58. The lowest BCUT2D eigenvalue weighted by atomic mass is 9.95. The van der Waals surface area contributed by atoms with Crippen LogP contribution in [0.4, 0.5) is 0 Å². The zero-order valence-electron chi connectivity index (χ0n) is 18.0. The molecule has 1 fully saturated rings. The van der Waals surface area contributed by atoms with Crippen LogP contribution in [-0.2, 0) is 14.3 Å². The summed E-state index contributed by atoms with van der Waals surface area (Å²) in [6.07, 6.45) is 0.550. The van der Waals surface area contributed by atoms with Crippen molar-refractivity contribution < 1.29 is 33.6 Å². The molecule has 8 nitrogen and oxygen atoms in total. The third kappa shape index (κ3) is 4.01. The number of likely N-dealkylation sites (tertiary alicyclic amines) is 1. The minimum absolute atomic E-state index is 0.0253. The topological polar surface area (TPSA) is 94.5 Å². The maximum Gasteiger partial charge on any atom is 0.295 e. The molecule has 8 heteroatoms. The molecular formula is C24H25NO7. The van der Waals surface area contributed by atoms with E-state index < -0.39 is 17.7 Å². The summed E-state index contributed by atoms with van der Waals surface area (Å²) in [6, 6.07) is 11.3. The van der Waals surface area contributed by atoms with Gasteiger partial charge in [-0.3, -0.25) is 9.59 Å². The Kier molecular flexibility index (Phi) is 6.32. The van der Waals surface area contributed by atoms with Crippen molar-refractivity contribution in [3.63, 3.8) is 0 Å². The van der Waals surface area contributed by atoms with Crippen molar-refractivity contribution in [1.82, 2.24) is 4.90 Å². The predicted molar refractivity (Wildman–Crippen MR) is 116 cm³/mol. The van der Waals surface area contributed by atoms with Crippen molar-refractivity contribution in [3.05, 3.63) is 59.2 Å². The summed E-state index contributed by atoms with van der Waals surface area (Å²) in [5, 5.41) is 11.2. The highest BCUT2D eigenvalue weighted by molar-refractivity contribution is 6.46. The molecular weight excluding hydrogens is 414 g/mol. The Balaban J connectivity index is 1.81. The summed E-state index contributed by atoms with van der Waals surface area (Å²) in [5.41, 5.74) is 1.06. The first-order valence-electron chi connectivity index (χ1n) is 10.4. The van der Waals surface area contributed by atoms with Crippen LogP contribution < -0.4 is 14.2 Å². The molecule has 0 bridgehead atoms. The Morgan fingerprint density at radius 1 is 1.09 bits per heavy atom. The number of fused-ring (bicyclic) bond motifs is 1. The van der Waals surface area contributed by atoms with Gasteiger partial charge in [-0.05, 0) is 42.3 Å². The fourth-order valence-corrected chi connectivity index (χ4v) is 3.99. The van der Waals surface area contributed by atoms with Crippen LogP contribution in [-0.4, -0.2) is 62.3 Å². The van der Waals surface area contributed by atoms with Crippen molar-refractivity contribution in [2.24, 2.45) is 0 Å². The molecule has 1 unspecified atom stereocenters. The van der Waals surface area contributed by atoms with E-state index in [-0.39, 0.29) is 11.3 Å². The number of ether oxygens (including phenoxy) is 4. The minimum atomic E-state index is -0.754. The highest BCUT2D eigenvalue weighted by atomic mass is 16.6. The number of ketones is 1. The molecule has 0 aliphatic carbocycles. The molecule has 2 aromatic carbocycles. The molecule has 0 radical (unpaired) electrons. The molecule has 0 spiro atoms. The van der Waals surface area contributed by atoms with Gasteiger partial charge in [0.2, 0.25) is 0 Å². The van der Waals surface area contributed by atoms with Gasteiger partial charge in [-0.15, -0.1) is 0 Å². The number of rotatable bonds is 7. The quantitative estimate of drug-likeness (QED) is 0.307. The third-order valence-electron chi connectivity index (χ3n) is 5.51. The first kappa shape index (κ1) is 21.7. The van der Waals surface area contributed by atoms with Gasteiger partial charge in [0.1, 0.15) is 24.7 Å². The second-order valence-electron chi connectivity index (χ2n) is 7.47. The zero-order valence-corrected chi connectivity index (χ0v) is 18.0. The molecule has 32 heavy (non-hydrogen) atoms. The SMILES string of the molecule is COCCCN1C(=O)C(=O)C(=C(O)c2ccc3c(c2)OCCO3)C1c1cccc(OC)c1. The van der Waals surface area contributed by atoms with Crippen LogP contribution in [0.1, 0.15) is 23.6 Å². The van der Waals surface area contributed by atoms with Gasteiger partial charge in [0.05, 0.1) is 18.7 Å². The monoisotopic (exact) mass is 439 g/mol. The smallest absolute Gasteiger partial charge is 0.295 e. The largest absolute Gasteiger partial charge is 0.507 e. The number of aliphatic hydroxyl groups excluding tert-OH is 1. The van der Waals surface area contributed by atoms with Crippen molar-refractivity contribution in [2.75, 3.05) is 40.6 Å². The van der Waals surface area contributed by atoms with Crippen LogP contribution in [0.5, 0.6) is 17.2 Å². The number of aliphatic hydroxyl groups is 1. The van der Waals surface area contributed by atoms with E-state index in [1.165, 1.54) is 4.90 Å². The summed E-state index contributed by atoms with van der Waals surface area (Å²) >= 11 is 0. The van der Waals surface area contributed by atoms with Crippen LogP contribution in [0.2, 0.25) is 0 Å². The van der Waals surface area contributed by atoms with Gasteiger partial charge in [-0.25, -0.2) is 0 Å². The van der Waals surface area contributed by atoms with Crippen LogP contribution in [0, 0.1) is 0 Å². The molecule has 1 saturated heterocycles. The second-order valence-corrected chi connectivity index (χ2v) is 7.47. The lowest BCUT2D eigenvalue weighted by Crippen LogP contribution is -2.31. The highest BCUT2D eigenvalue weighted by Crippen LogP contribution is 2.41. The summed E-state index contributed by atoms with van der Waals surface area (Å²) in [5.74, 6) is -0.0212. The lowest BCUT2D eigenvalue weighted by Gasteiger charge is -2.25. The molecule has 2 aliphatic heterocycles.